The molecule has 0 fully saturated rings. The second-order valence-electron chi connectivity index (χ2n) is 4.94. The monoisotopic (exact) mass is 468 g/mol. The van der Waals surface area contributed by atoms with Crippen molar-refractivity contribution in [3.8, 4) is 0 Å². The molecule has 3 N–H and O–H groups in total. The predicted octanol–water partition coefficient (Wildman–Crippen LogP) is 1.12. The molecule has 1 amide bonds. The van der Waals surface area contributed by atoms with Gasteiger partial charge in [-0.2, -0.15) is 0 Å². The molecule has 0 aliphatic rings. The Morgan fingerprint density at radius 1 is 1.24 bits per heavy atom. The standard InChI is InChI=1S/C16H28N4O4.HI/c1-3-17-16(18-7-5-8-23-11-10-22-2)20-13-15(21)19-12-14-6-4-9-24-14;/h4,6,9H,3,5,7-8,10-13H2,1-2H3,(H,19,21)(H2,17,18,20);1H. The fraction of sp³-hybridized carbons (Fsp3) is 0.625. The summed E-state index contributed by atoms with van der Waals surface area (Å²) in [7, 11) is 1.65. The summed E-state index contributed by atoms with van der Waals surface area (Å²) >= 11 is 0. The van der Waals surface area contributed by atoms with E-state index >= 15 is 0 Å². The molecular weight excluding hydrogens is 439 g/mol. The molecule has 0 spiro atoms. The molecule has 0 bridgehead atoms. The summed E-state index contributed by atoms with van der Waals surface area (Å²) in [5.41, 5.74) is 0. The molecule has 9 heteroatoms. The lowest BCUT2D eigenvalue weighted by Gasteiger charge is -2.11. The van der Waals surface area contributed by atoms with Crippen LogP contribution >= 0.6 is 24.0 Å². The van der Waals surface area contributed by atoms with Gasteiger partial charge in [0.15, 0.2) is 5.96 Å². The highest BCUT2D eigenvalue weighted by molar-refractivity contribution is 14.0. The van der Waals surface area contributed by atoms with Crippen molar-refractivity contribution in [3.05, 3.63) is 24.2 Å². The third-order valence-electron chi connectivity index (χ3n) is 2.95. The van der Waals surface area contributed by atoms with Gasteiger partial charge in [0.25, 0.3) is 0 Å². The van der Waals surface area contributed by atoms with Crippen molar-refractivity contribution >= 4 is 35.8 Å². The number of hydrogen-bond acceptors (Lipinski definition) is 5. The van der Waals surface area contributed by atoms with E-state index < -0.39 is 0 Å². The van der Waals surface area contributed by atoms with Crippen LogP contribution < -0.4 is 16.0 Å². The molecular formula is C16H29IN4O4. The fourth-order valence-corrected chi connectivity index (χ4v) is 1.77. The molecule has 144 valence electrons. The summed E-state index contributed by atoms with van der Waals surface area (Å²) < 4.78 is 15.4. The molecule has 0 aliphatic carbocycles. The smallest absolute Gasteiger partial charge is 0.242 e. The van der Waals surface area contributed by atoms with E-state index in [1.54, 1.807) is 19.4 Å². The summed E-state index contributed by atoms with van der Waals surface area (Å²) in [4.78, 5) is 16.0. The maximum Gasteiger partial charge on any atom is 0.242 e. The van der Waals surface area contributed by atoms with Crippen molar-refractivity contribution in [2.75, 3.05) is 46.6 Å². The number of aliphatic imine (C=N–C) groups is 1. The number of carbonyl (C=O) groups is 1. The Labute approximate surface area is 166 Å². The fourth-order valence-electron chi connectivity index (χ4n) is 1.77. The van der Waals surface area contributed by atoms with E-state index in [1.807, 2.05) is 13.0 Å². The molecule has 1 heterocycles. The van der Waals surface area contributed by atoms with Crippen LogP contribution in [-0.2, 0) is 20.8 Å². The second kappa shape index (κ2) is 16.2. The normalized spacial score (nSPS) is 10.9. The van der Waals surface area contributed by atoms with Crippen molar-refractivity contribution in [2.45, 2.75) is 19.9 Å². The largest absolute Gasteiger partial charge is 0.467 e. The van der Waals surface area contributed by atoms with Gasteiger partial charge in [0, 0.05) is 26.8 Å². The number of furan rings is 1. The van der Waals surface area contributed by atoms with Gasteiger partial charge in [0.05, 0.1) is 26.0 Å². The maximum absolute atomic E-state index is 11.8. The number of hydrogen-bond donors (Lipinski definition) is 3. The highest BCUT2D eigenvalue weighted by atomic mass is 127. The first-order chi connectivity index (χ1) is 11.8. The van der Waals surface area contributed by atoms with Gasteiger partial charge in [0.1, 0.15) is 12.3 Å². The molecule has 1 aromatic rings. The Morgan fingerprint density at radius 2 is 2.08 bits per heavy atom. The number of nitrogens with one attached hydrogen (secondary N) is 3. The summed E-state index contributed by atoms with van der Waals surface area (Å²) in [5, 5.41) is 9.02. The highest BCUT2D eigenvalue weighted by Crippen LogP contribution is 1.98. The summed E-state index contributed by atoms with van der Waals surface area (Å²) in [5.74, 6) is 1.17. The lowest BCUT2D eigenvalue weighted by molar-refractivity contribution is -0.119. The lowest BCUT2D eigenvalue weighted by Crippen LogP contribution is -2.39. The Morgan fingerprint density at radius 3 is 2.76 bits per heavy atom. The Hall–Kier alpha value is -1.33. The third kappa shape index (κ3) is 12.7. The van der Waals surface area contributed by atoms with Crippen LogP contribution in [0.2, 0.25) is 0 Å². The number of ether oxygens (including phenoxy) is 2. The second-order valence-corrected chi connectivity index (χ2v) is 4.94. The van der Waals surface area contributed by atoms with Gasteiger partial charge in [-0.15, -0.1) is 24.0 Å². The topological polar surface area (TPSA) is 97.1 Å². The van der Waals surface area contributed by atoms with Crippen molar-refractivity contribution in [2.24, 2.45) is 4.99 Å². The van der Waals surface area contributed by atoms with E-state index in [2.05, 4.69) is 20.9 Å². The first kappa shape index (κ1) is 23.7. The number of amides is 1. The van der Waals surface area contributed by atoms with Crippen molar-refractivity contribution < 1.29 is 18.7 Å². The van der Waals surface area contributed by atoms with E-state index in [9.17, 15) is 4.79 Å². The van der Waals surface area contributed by atoms with Crippen LogP contribution in [0.5, 0.6) is 0 Å². The van der Waals surface area contributed by atoms with Crippen LogP contribution in [0.3, 0.4) is 0 Å². The minimum Gasteiger partial charge on any atom is -0.467 e. The molecule has 0 atom stereocenters. The van der Waals surface area contributed by atoms with Crippen LogP contribution in [0.25, 0.3) is 0 Å². The third-order valence-corrected chi connectivity index (χ3v) is 2.95. The first-order valence-corrected chi connectivity index (χ1v) is 8.14. The molecule has 0 saturated heterocycles. The highest BCUT2D eigenvalue weighted by Gasteiger charge is 2.03. The lowest BCUT2D eigenvalue weighted by atomic mass is 10.4. The molecule has 8 nitrogen and oxygen atoms in total. The SMILES string of the molecule is CCNC(=NCC(=O)NCc1ccco1)NCCCOCCOC.I. The van der Waals surface area contributed by atoms with Gasteiger partial charge in [-0.25, -0.2) is 4.99 Å². The summed E-state index contributed by atoms with van der Waals surface area (Å²) in [6.45, 7) is 5.69. The number of halogens is 1. The number of nitrogens with zero attached hydrogens (tertiary/aromatic N) is 1. The van der Waals surface area contributed by atoms with Gasteiger partial charge < -0.3 is 29.8 Å². The minimum absolute atomic E-state index is 0. The van der Waals surface area contributed by atoms with Gasteiger partial charge in [-0.1, -0.05) is 0 Å². The van der Waals surface area contributed by atoms with E-state index in [1.165, 1.54) is 0 Å². The maximum atomic E-state index is 11.8. The molecule has 0 aromatic carbocycles. The van der Waals surface area contributed by atoms with Crippen LogP contribution in [0, 0.1) is 0 Å². The number of guanidine groups is 1. The van der Waals surface area contributed by atoms with Crippen molar-refractivity contribution in [1.82, 2.24) is 16.0 Å². The zero-order valence-electron chi connectivity index (χ0n) is 14.9. The van der Waals surface area contributed by atoms with Gasteiger partial charge in [-0.05, 0) is 25.5 Å². The summed E-state index contributed by atoms with van der Waals surface area (Å²) in [6.07, 6.45) is 2.42. The number of methoxy groups -OCH3 is 1. The first-order valence-electron chi connectivity index (χ1n) is 8.14. The Balaban J connectivity index is 0.00000576. The van der Waals surface area contributed by atoms with Gasteiger partial charge in [0.2, 0.25) is 5.91 Å². The van der Waals surface area contributed by atoms with Crippen molar-refractivity contribution in [3.63, 3.8) is 0 Å². The quantitative estimate of drug-likeness (QED) is 0.184. The van der Waals surface area contributed by atoms with E-state index in [0.29, 0.717) is 44.6 Å². The van der Waals surface area contributed by atoms with E-state index in [4.69, 9.17) is 13.9 Å². The van der Waals surface area contributed by atoms with Gasteiger partial charge in [-0.3, -0.25) is 4.79 Å². The Kier molecular flexibility index (Phi) is 15.3. The number of rotatable bonds is 12. The average Bonchev–Trinajstić information content (AvgIpc) is 3.10. The van der Waals surface area contributed by atoms with Crippen LogP contribution in [-0.4, -0.2) is 58.4 Å². The molecule has 0 unspecified atom stereocenters. The molecule has 0 saturated carbocycles. The van der Waals surface area contributed by atoms with E-state index in [0.717, 1.165) is 13.0 Å². The number of carbonyl (C=O) groups excluding carboxylic acids is 1. The minimum atomic E-state index is -0.161. The van der Waals surface area contributed by atoms with Crippen molar-refractivity contribution in [1.29, 1.82) is 0 Å². The van der Waals surface area contributed by atoms with E-state index in [-0.39, 0.29) is 36.4 Å². The molecule has 1 aromatic heterocycles. The van der Waals surface area contributed by atoms with Gasteiger partial charge >= 0.3 is 0 Å². The van der Waals surface area contributed by atoms with Crippen LogP contribution in [0.1, 0.15) is 19.1 Å². The molecule has 0 aliphatic heterocycles. The molecule has 1 rings (SSSR count). The van der Waals surface area contributed by atoms with Crippen LogP contribution in [0.4, 0.5) is 0 Å². The Bertz CT molecular complexity index is 469. The van der Waals surface area contributed by atoms with Crippen LogP contribution in [0.15, 0.2) is 27.8 Å². The zero-order valence-corrected chi connectivity index (χ0v) is 17.2. The summed E-state index contributed by atoms with van der Waals surface area (Å²) in [6, 6.07) is 3.59. The molecule has 25 heavy (non-hydrogen) atoms. The predicted molar refractivity (Wildman–Crippen MR) is 107 cm³/mol. The molecule has 0 radical (unpaired) electrons. The zero-order chi connectivity index (χ0) is 17.5. The average molecular weight is 468 g/mol.